The highest BCUT2D eigenvalue weighted by atomic mass is 32.2. The van der Waals surface area contributed by atoms with E-state index in [1.54, 1.807) is 6.07 Å². The van der Waals surface area contributed by atoms with Crippen molar-refractivity contribution in [3.05, 3.63) is 57.5 Å². The second kappa shape index (κ2) is 8.69. The van der Waals surface area contributed by atoms with Gasteiger partial charge < -0.3 is 5.32 Å². The van der Waals surface area contributed by atoms with E-state index in [2.05, 4.69) is 10.4 Å². The zero-order chi connectivity index (χ0) is 21.1. The molecule has 1 aliphatic heterocycles. The van der Waals surface area contributed by atoms with Crippen LogP contribution in [0.5, 0.6) is 0 Å². The fourth-order valence-corrected chi connectivity index (χ4v) is 5.51. The van der Waals surface area contributed by atoms with Gasteiger partial charge in [-0.15, -0.1) is 0 Å². The number of carbonyl (C=O) groups is 1. The largest absolute Gasteiger partial charge is 0.350 e. The van der Waals surface area contributed by atoms with E-state index < -0.39 is 10.0 Å². The van der Waals surface area contributed by atoms with Crippen LogP contribution in [-0.4, -0.2) is 48.0 Å². The highest BCUT2D eigenvalue weighted by molar-refractivity contribution is 7.89. The summed E-state index contributed by atoms with van der Waals surface area (Å²) in [6.45, 7) is 1.64. The molecule has 1 fully saturated rings. The van der Waals surface area contributed by atoms with Crippen molar-refractivity contribution in [2.45, 2.75) is 50.0 Å². The van der Waals surface area contributed by atoms with Crippen LogP contribution in [0.2, 0.25) is 0 Å². The lowest BCUT2D eigenvalue weighted by molar-refractivity contribution is 0.0951. The summed E-state index contributed by atoms with van der Waals surface area (Å²) in [7, 11) is -3.49. The van der Waals surface area contributed by atoms with E-state index in [4.69, 9.17) is 0 Å². The Morgan fingerprint density at radius 2 is 1.73 bits per heavy atom. The van der Waals surface area contributed by atoms with Crippen molar-refractivity contribution in [2.75, 3.05) is 19.6 Å². The van der Waals surface area contributed by atoms with Gasteiger partial charge in [-0.3, -0.25) is 9.59 Å². The van der Waals surface area contributed by atoms with Crippen molar-refractivity contribution >= 4 is 15.9 Å². The number of aryl methyl sites for hydroxylation is 2. The smallest absolute Gasteiger partial charge is 0.267 e. The minimum absolute atomic E-state index is 0.152. The first kappa shape index (κ1) is 20.7. The predicted molar refractivity (Wildman–Crippen MR) is 112 cm³/mol. The van der Waals surface area contributed by atoms with Crippen molar-refractivity contribution < 1.29 is 13.2 Å². The van der Waals surface area contributed by atoms with Gasteiger partial charge in [0.15, 0.2) is 0 Å². The molecular formula is C21H26N4O4S. The molecule has 4 rings (SSSR count). The maximum atomic E-state index is 12.6. The van der Waals surface area contributed by atoms with Crippen molar-refractivity contribution in [2.24, 2.45) is 0 Å². The topological polar surface area (TPSA) is 101 Å². The van der Waals surface area contributed by atoms with Gasteiger partial charge in [0.05, 0.1) is 17.1 Å². The lowest BCUT2D eigenvalue weighted by Gasteiger charge is -2.16. The number of nitrogens with one attached hydrogen (secondary N) is 1. The van der Waals surface area contributed by atoms with Crippen LogP contribution in [0, 0.1) is 0 Å². The fraction of sp³-hybridized carbons (Fsp3) is 0.476. The first-order valence-electron chi connectivity index (χ1n) is 10.4. The van der Waals surface area contributed by atoms with Gasteiger partial charge >= 0.3 is 0 Å². The highest BCUT2D eigenvalue weighted by Crippen LogP contribution is 2.21. The van der Waals surface area contributed by atoms with Crippen LogP contribution in [0.15, 0.2) is 40.0 Å². The number of nitrogens with zero attached hydrogens (tertiary/aromatic N) is 3. The number of aromatic nitrogens is 2. The summed E-state index contributed by atoms with van der Waals surface area (Å²) in [5.74, 6) is -0.314. The molecule has 0 spiro atoms. The summed E-state index contributed by atoms with van der Waals surface area (Å²) in [5.41, 5.74) is 2.24. The third-order valence-electron chi connectivity index (χ3n) is 5.70. The third kappa shape index (κ3) is 4.32. The minimum Gasteiger partial charge on any atom is -0.350 e. The molecule has 9 heteroatoms. The number of sulfonamides is 1. The molecule has 160 valence electrons. The number of carbonyl (C=O) groups excluding carboxylic acids is 1. The average Bonchev–Trinajstić information content (AvgIpc) is 3.30. The van der Waals surface area contributed by atoms with Crippen LogP contribution in [0.4, 0.5) is 0 Å². The van der Waals surface area contributed by atoms with Crippen LogP contribution < -0.4 is 10.9 Å². The summed E-state index contributed by atoms with van der Waals surface area (Å²) in [4.78, 5) is 24.8. The zero-order valence-electron chi connectivity index (χ0n) is 16.8. The second-order valence-corrected chi connectivity index (χ2v) is 9.71. The maximum Gasteiger partial charge on any atom is 0.267 e. The van der Waals surface area contributed by atoms with Gasteiger partial charge in [0, 0.05) is 31.3 Å². The third-order valence-corrected chi connectivity index (χ3v) is 7.62. The summed E-state index contributed by atoms with van der Waals surface area (Å²) < 4.78 is 28.0. The van der Waals surface area contributed by atoms with Gasteiger partial charge in [0.25, 0.3) is 11.5 Å². The van der Waals surface area contributed by atoms with E-state index in [1.807, 2.05) is 0 Å². The molecule has 30 heavy (non-hydrogen) atoms. The Kier molecular flexibility index (Phi) is 6.01. The molecular weight excluding hydrogens is 404 g/mol. The highest BCUT2D eigenvalue weighted by Gasteiger charge is 2.27. The minimum atomic E-state index is -3.49. The van der Waals surface area contributed by atoms with Crippen LogP contribution in [-0.2, 0) is 29.4 Å². The van der Waals surface area contributed by atoms with Crippen molar-refractivity contribution in [1.29, 1.82) is 0 Å². The second-order valence-electron chi connectivity index (χ2n) is 7.78. The SMILES string of the molecule is O=C(NCCn1nc2c(cc1=O)CCCC2)c1ccc(S(=O)(=O)N2CCCC2)cc1. The van der Waals surface area contributed by atoms with Crippen molar-refractivity contribution in [3.8, 4) is 0 Å². The summed E-state index contributed by atoms with van der Waals surface area (Å²) in [6, 6.07) is 7.63. The summed E-state index contributed by atoms with van der Waals surface area (Å²) >= 11 is 0. The molecule has 0 unspecified atom stereocenters. The summed E-state index contributed by atoms with van der Waals surface area (Å²) in [5, 5.41) is 7.21. The first-order chi connectivity index (χ1) is 14.4. The van der Waals surface area contributed by atoms with Crippen molar-refractivity contribution in [1.82, 2.24) is 19.4 Å². The molecule has 0 bridgehead atoms. The van der Waals surface area contributed by atoms with Gasteiger partial charge in [0.2, 0.25) is 10.0 Å². The molecule has 8 nitrogen and oxygen atoms in total. The molecule has 1 aromatic carbocycles. The van der Waals surface area contributed by atoms with E-state index in [9.17, 15) is 18.0 Å². The average molecular weight is 431 g/mol. The standard InChI is InChI=1S/C21H26N4O4S/c26-20-15-17-5-1-2-6-19(17)23-25(20)14-11-22-21(27)16-7-9-18(10-8-16)30(28,29)24-12-3-4-13-24/h7-10,15H,1-6,11-14H2,(H,22,27). The van der Waals surface area contributed by atoms with E-state index >= 15 is 0 Å². The maximum absolute atomic E-state index is 12.6. The van der Waals surface area contributed by atoms with Crippen molar-refractivity contribution in [3.63, 3.8) is 0 Å². The lowest BCUT2D eigenvalue weighted by atomic mass is 9.97. The number of amides is 1. The lowest BCUT2D eigenvalue weighted by Crippen LogP contribution is -2.33. The van der Waals surface area contributed by atoms with Crippen LogP contribution >= 0.6 is 0 Å². The Hall–Kier alpha value is -2.52. The molecule has 0 atom stereocenters. The Morgan fingerprint density at radius 1 is 1.03 bits per heavy atom. The van der Waals surface area contributed by atoms with Crippen LogP contribution in [0.25, 0.3) is 0 Å². The molecule has 2 aromatic rings. The number of hydrogen-bond acceptors (Lipinski definition) is 5. The van der Waals surface area contributed by atoms with Gasteiger partial charge in [-0.05, 0) is 68.4 Å². The van der Waals surface area contributed by atoms with E-state index in [0.717, 1.165) is 49.8 Å². The molecule has 0 radical (unpaired) electrons. The number of hydrogen-bond donors (Lipinski definition) is 1. The number of benzene rings is 1. The van der Waals surface area contributed by atoms with E-state index in [0.29, 0.717) is 25.2 Å². The number of rotatable bonds is 6. The van der Waals surface area contributed by atoms with Gasteiger partial charge in [-0.25, -0.2) is 13.1 Å². The van der Waals surface area contributed by atoms with Gasteiger partial charge in [-0.1, -0.05) is 0 Å². The molecule has 2 aliphatic rings. The molecule has 1 aliphatic carbocycles. The monoisotopic (exact) mass is 430 g/mol. The Bertz CT molecular complexity index is 1090. The normalized spacial score (nSPS) is 16.9. The fourth-order valence-electron chi connectivity index (χ4n) is 3.99. The molecule has 1 N–H and O–H groups in total. The Labute approximate surface area is 176 Å². The molecule has 1 saturated heterocycles. The first-order valence-corrected chi connectivity index (χ1v) is 11.9. The Morgan fingerprint density at radius 3 is 2.47 bits per heavy atom. The van der Waals surface area contributed by atoms with Gasteiger partial charge in [0.1, 0.15) is 0 Å². The molecule has 2 heterocycles. The molecule has 0 saturated carbocycles. The number of fused-ring (bicyclic) bond motifs is 1. The van der Waals surface area contributed by atoms with E-state index in [1.165, 1.54) is 33.3 Å². The van der Waals surface area contributed by atoms with Crippen LogP contribution in [0.1, 0.15) is 47.3 Å². The van der Waals surface area contributed by atoms with Crippen LogP contribution in [0.3, 0.4) is 0 Å². The zero-order valence-corrected chi connectivity index (χ0v) is 17.7. The molecule has 1 amide bonds. The molecule has 1 aromatic heterocycles. The predicted octanol–water partition coefficient (Wildman–Crippen LogP) is 1.34. The Balaban J connectivity index is 1.36. The quantitative estimate of drug-likeness (QED) is 0.745. The summed E-state index contributed by atoms with van der Waals surface area (Å²) in [6.07, 6.45) is 5.71. The van der Waals surface area contributed by atoms with Gasteiger partial charge in [-0.2, -0.15) is 9.40 Å². The van der Waals surface area contributed by atoms with E-state index in [-0.39, 0.29) is 22.9 Å².